The molecule has 1 atom stereocenters. The molecule has 0 aliphatic carbocycles. The lowest BCUT2D eigenvalue weighted by Crippen LogP contribution is -2.22. The van der Waals surface area contributed by atoms with Gasteiger partial charge in [-0.3, -0.25) is 0 Å². The van der Waals surface area contributed by atoms with Gasteiger partial charge in [-0.15, -0.1) is 0 Å². The molecule has 1 nitrogen and oxygen atoms in total. The summed E-state index contributed by atoms with van der Waals surface area (Å²) in [5, 5.41) is 9.57. The number of hydrogen-bond acceptors (Lipinski definition) is 1. The lowest BCUT2D eigenvalue weighted by Gasteiger charge is -2.21. The summed E-state index contributed by atoms with van der Waals surface area (Å²) >= 11 is 0. The van der Waals surface area contributed by atoms with Crippen LogP contribution >= 0.6 is 0 Å². The van der Waals surface area contributed by atoms with Gasteiger partial charge in [-0.2, -0.15) is 0 Å². The molecule has 0 aromatic heterocycles. The van der Waals surface area contributed by atoms with Crippen LogP contribution in [0.2, 0.25) is 0 Å². The van der Waals surface area contributed by atoms with Crippen molar-refractivity contribution in [1.82, 2.24) is 0 Å². The maximum absolute atomic E-state index is 9.57. The molecule has 1 heteroatoms. The van der Waals surface area contributed by atoms with Gasteiger partial charge in [0.2, 0.25) is 0 Å². The van der Waals surface area contributed by atoms with E-state index in [0.717, 1.165) is 18.8 Å². The van der Waals surface area contributed by atoms with E-state index in [9.17, 15) is 5.11 Å². The standard InChI is InChI=1S/C10H21O/c1-5-10(4,11)8-6-7-9(2)3/h9,11H,1,5-8H2,2-4H3. The zero-order valence-corrected chi connectivity index (χ0v) is 8.06. The molecule has 0 aliphatic heterocycles. The normalized spacial score (nSPS) is 16.9. The van der Waals surface area contributed by atoms with Gasteiger partial charge in [-0.05, 0) is 25.7 Å². The molecule has 1 unspecified atom stereocenters. The van der Waals surface area contributed by atoms with Crippen molar-refractivity contribution in [1.29, 1.82) is 0 Å². The van der Waals surface area contributed by atoms with Gasteiger partial charge < -0.3 is 5.11 Å². The molecule has 0 bridgehead atoms. The molecule has 11 heavy (non-hydrogen) atoms. The molecule has 67 valence electrons. The van der Waals surface area contributed by atoms with E-state index in [1.165, 1.54) is 6.42 Å². The van der Waals surface area contributed by atoms with E-state index in [1.807, 2.05) is 6.92 Å². The minimum atomic E-state index is -0.533. The zero-order valence-electron chi connectivity index (χ0n) is 8.06. The van der Waals surface area contributed by atoms with Crippen LogP contribution in [-0.4, -0.2) is 10.7 Å². The minimum Gasteiger partial charge on any atom is -0.390 e. The molecule has 0 amide bonds. The molecule has 0 aromatic carbocycles. The maximum atomic E-state index is 9.57. The van der Waals surface area contributed by atoms with Crippen LogP contribution < -0.4 is 0 Å². The summed E-state index contributed by atoms with van der Waals surface area (Å²) in [6, 6.07) is 0. The van der Waals surface area contributed by atoms with Gasteiger partial charge in [0.15, 0.2) is 0 Å². The Kier molecular flexibility index (Phi) is 4.74. The van der Waals surface area contributed by atoms with Crippen molar-refractivity contribution in [3.05, 3.63) is 6.92 Å². The van der Waals surface area contributed by atoms with Gasteiger partial charge in [0.05, 0.1) is 5.60 Å². The first kappa shape index (κ1) is 11.0. The Labute approximate surface area is 70.8 Å². The second-order valence-corrected chi connectivity index (χ2v) is 4.03. The lowest BCUT2D eigenvalue weighted by atomic mass is 9.94. The van der Waals surface area contributed by atoms with Gasteiger partial charge in [-0.1, -0.05) is 33.6 Å². The quantitative estimate of drug-likeness (QED) is 0.650. The van der Waals surface area contributed by atoms with Gasteiger partial charge in [0.25, 0.3) is 0 Å². The van der Waals surface area contributed by atoms with Crippen molar-refractivity contribution in [3.8, 4) is 0 Å². The van der Waals surface area contributed by atoms with Crippen LogP contribution in [0.15, 0.2) is 0 Å². The van der Waals surface area contributed by atoms with E-state index in [1.54, 1.807) is 0 Å². The molecule has 0 rings (SSSR count). The second-order valence-electron chi connectivity index (χ2n) is 4.03. The van der Waals surface area contributed by atoms with Gasteiger partial charge in [-0.25, -0.2) is 0 Å². The van der Waals surface area contributed by atoms with Crippen molar-refractivity contribution >= 4 is 0 Å². The van der Waals surface area contributed by atoms with Gasteiger partial charge >= 0.3 is 0 Å². The highest BCUT2D eigenvalue weighted by Gasteiger charge is 2.16. The van der Waals surface area contributed by atoms with E-state index < -0.39 is 5.60 Å². The monoisotopic (exact) mass is 157 g/mol. The average molecular weight is 157 g/mol. The summed E-state index contributed by atoms with van der Waals surface area (Å²) < 4.78 is 0. The van der Waals surface area contributed by atoms with Gasteiger partial charge in [0.1, 0.15) is 0 Å². The highest BCUT2D eigenvalue weighted by Crippen LogP contribution is 2.18. The van der Waals surface area contributed by atoms with Crippen molar-refractivity contribution in [2.75, 3.05) is 0 Å². The Morgan fingerprint density at radius 1 is 1.45 bits per heavy atom. The third-order valence-electron chi connectivity index (χ3n) is 2.04. The van der Waals surface area contributed by atoms with E-state index in [4.69, 9.17) is 0 Å². The molecule has 0 aromatic rings. The van der Waals surface area contributed by atoms with Crippen molar-refractivity contribution in [2.24, 2.45) is 5.92 Å². The number of aliphatic hydroxyl groups is 1. The zero-order chi connectivity index (χ0) is 8.91. The first-order valence-electron chi connectivity index (χ1n) is 4.49. The molecular formula is C10H21O. The average Bonchev–Trinajstić information content (AvgIpc) is 1.87. The summed E-state index contributed by atoms with van der Waals surface area (Å²) in [5.74, 6) is 0.746. The highest BCUT2D eigenvalue weighted by molar-refractivity contribution is 4.73. The van der Waals surface area contributed by atoms with Crippen LogP contribution in [0.3, 0.4) is 0 Å². The Morgan fingerprint density at radius 2 is 2.00 bits per heavy atom. The third-order valence-corrected chi connectivity index (χ3v) is 2.04. The molecule has 1 radical (unpaired) electrons. The fourth-order valence-corrected chi connectivity index (χ4v) is 1.02. The first-order valence-corrected chi connectivity index (χ1v) is 4.49. The molecule has 1 N–H and O–H groups in total. The van der Waals surface area contributed by atoms with Crippen molar-refractivity contribution in [2.45, 2.75) is 52.1 Å². The Morgan fingerprint density at radius 3 is 2.36 bits per heavy atom. The second kappa shape index (κ2) is 4.76. The van der Waals surface area contributed by atoms with Crippen LogP contribution in [0.25, 0.3) is 0 Å². The summed E-state index contributed by atoms with van der Waals surface area (Å²) in [4.78, 5) is 0. The molecule has 0 heterocycles. The summed E-state index contributed by atoms with van der Waals surface area (Å²) in [7, 11) is 0. The predicted octanol–water partition coefficient (Wildman–Crippen LogP) is 2.79. The Hall–Kier alpha value is -0.0400. The number of hydrogen-bond donors (Lipinski definition) is 1. The SMILES string of the molecule is [CH2]CC(C)(O)CCCC(C)C. The third kappa shape index (κ3) is 6.36. The smallest absolute Gasteiger partial charge is 0.0619 e. The molecule has 0 saturated carbocycles. The predicted molar refractivity (Wildman–Crippen MR) is 49.3 cm³/mol. The first-order chi connectivity index (χ1) is 4.98. The fourth-order valence-electron chi connectivity index (χ4n) is 1.02. The Bertz CT molecular complexity index is 95.0. The van der Waals surface area contributed by atoms with Crippen LogP contribution in [0.4, 0.5) is 0 Å². The van der Waals surface area contributed by atoms with E-state index in [0.29, 0.717) is 6.42 Å². The molecule has 0 spiro atoms. The molecule has 0 saturated heterocycles. The van der Waals surface area contributed by atoms with Crippen LogP contribution in [0.1, 0.15) is 46.5 Å². The fraction of sp³-hybridized carbons (Fsp3) is 0.900. The van der Waals surface area contributed by atoms with Crippen LogP contribution in [-0.2, 0) is 0 Å². The van der Waals surface area contributed by atoms with Crippen LogP contribution in [0.5, 0.6) is 0 Å². The van der Waals surface area contributed by atoms with Crippen LogP contribution in [0, 0.1) is 12.8 Å². The van der Waals surface area contributed by atoms with Gasteiger partial charge in [0, 0.05) is 0 Å². The molecule has 0 fully saturated rings. The molecule has 0 aliphatic rings. The van der Waals surface area contributed by atoms with Crippen molar-refractivity contribution in [3.63, 3.8) is 0 Å². The largest absolute Gasteiger partial charge is 0.390 e. The van der Waals surface area contributed by atoms with E-state index in [2.05, 4.69) is 20.8 Å². The lowest BCUT2D eigenvalue weighted by molar-refractivity contribution is 0.0498. The summed E-state index contributed by atoms with van der Waals surface area (Å²) in [6.45, 7) is 9.98. The van der Waals surface area contributed by atoms with E-state index >= 15 is 0 Å². The maximum Gasteiger partial charge on any atom is 0.0619 e. The summed E-state index contributed by atoms with van der Waals surface area (Å²) in [6.07, 6.45) is 3.82. The van der Waals surface area contributed by atoms with Crippen molar-refractivity contribution < 1.29 is 5.11 Å². The topological polar surface area (TPSA) is 20.2 Å². The summed E-state index contributed by atoms with van der Waals surface area (Å²) in [5.41, 5.74) is -0.533. The highest BCUT2D eigenvalue weighted by atomic mass is 16.3. The minimum absolute atomic E-state index is 0.533. The Balaban J connectivity index is 3.38. The molecular weight excluding hydrogens is 136 g/mol. The van der Waals surface area contributed by atoms with E-state index in [-0.39, 0.29) is 0 Å². The number of rotatable bonds is 5.